The average molecular weight is 325 g/mol. The largest absolute Gasteiger partial charge is 0.469 e. The maximum absolute atomic E-state index is 5.69. The van der Waals surface area contributed by atoms with Crippen molar-refractivity contribution in [2.45, 2.75) is 6.42 Å². The molecule has 1 aromatic carbocycles. The minimum atomic E-state index is 0.392. The van der Waals surface area contributed by atoms with Crippen LogP contribution in [-0.2, 0) is 6.42 Å². The molecule has 3 nitrogen and oxygen atoms in total. The molecule has 1 aromatic heterocycles. The molecule has 2 rings (SSSR count). The SMILES string of the molecule is NC(=S)c1ccc(Br)cc1NCCc1ccco1. The number of hydrogen-bond donors (Lipinski definition) is 2. The standard InChI is InChI=1S/C13H13BrN2OS/c14-9-3-4-11(13(15)18)12(8-9)16-6-5-10-2-1-7-17-10/h1-4,7-8,16H,5-6H2,(H2,15,18). The van der Waals surface area contributed by atoms with Gasteiger partial charge in [0.25, 0.3) is 0 Å². The number of nitrogens with two attached hydrogens (primary N) is 1. The van der Waals surface area contributed by atoms with E-state index in [1.165, 1.54) is 0 Å². The number of nitrogens with one attached hydrogen (secondary N) is 1. The fraction of sp³-hybridized carbons (Fsp3) is 0.154. The Morgan fingerprint density at radius 3 is 2.89 bits per heavy atom. The Balaban J connectivity index is 2.03. The Hall–Kier alpha value is -1.33. The predicted octanol–water partition coefficient (Wildman–Crippen LogP) is 3.33. The highest BCUT2D eigenvalue weighted by atomic mass is 79.9. The van der Waals surface area contributed by atoms with E-state index in [1.54, 1.807) is 6.26 Å². The molecular formula is C13H13BrN2OS. The third-order valence-corrected chi connectivity index (χ3v) is 3.23. The number of benzene rings is 1. The molecule has 18 heavy (non-hydrogen) atoms. The van der Waals surface area contributed by atoms with Gasteiger partial charge in [-0.3, -0.25) is 0 Å². The monoisotopic (exact) mass is 324 g/mol. The number of hydrogen-bond acceptors (Lipinski definition) is 3. The van der Waals surface area contributed by atoms with Crippen molar-refractivity contribution in [1.82, 2.24) is 0 Å². The molecular weight excluding hydrogens is 312 g/mol. The molecule has 2 aromatic rings. The lowest BCUT2D eigenvalue weighted by Crippen LogP contribution is -2.14. The number of anilines is 1. The van der Waals surface area contributed by atoms with E-state index >= 15 is 0 Å². The van der Waals surface area contributed by atoms with E-state index in [4.69, 9.17) is 22.4 Å². The lowest BCUT2D eigenvalue weighted by molar-refractivity contribution is 0.513. The molecule has 1 heterocycles. The molecule has 94 valence electrons. The second kappa shape index (κ2) is 6.02. The van der Waals surface area contributed by atoms with Crippen molar-refractivity contribution in [3.63, 3.8) is 0 Å². The van der Waals surface area contributed by atoms with Gasteiger partial charge in [-0.25, -0.2) is 0 Å². The Morgan fingerprint density at radius 2 is 2.22 bits per heavy atom. The van der Waals surface area contributed by atoms with Gasteiger partial charge in [0, 0.05) is 28.7 Å². The van der Waals surface area contributed by atoms with Crippen LogP contribution in [-0.4, -0.2) is 11.5 Å². The molecule has 0 aliphatic heterocycles. The van der Waals surface area contributed by atoms with Crippen LogP contribution in [0.2, 0.25) is 0 Å². The van der Waals surface area contributed by atoms with Gasteiger partial charge in [-0.15, -0.1) is 0 Å². The topological polar surface area (TPSA) is 51.2 Å². The van der Waals surface area contributed by atoms with Gasteiger partial charge in [-0.1, -0.05) is 28.1 Å². The smallest absolute Gasteiger partial charge is 0.106 e. The quantitative estimate of drug-likeness (QED) is 0.828. The van der Waals surface area contributed by atoms with Gasteiger partial charge in [-0.05, 0) is 30.3 Å². The van der Waals surface area contributed by atoms with E-state index in [9.17, 15) is 0 Å². The number of furan rings is 1. The van der Waals surface area contributed by atoms with E-state index in [0.717, 1.165) is 34.4 Å². The van der Waals surface area contributed by atoms with Gasteiger partial charge in [0.15, 0.2) is 0 Å². The van der Waals surface area contributed by atoms with E-state index in [-0.39, 0.29) is 0 Å². The number of halogens is 1. The predicted molar refractivity (Wildman–Crippen MR) is 80.9 cm³/mol. The van der Waals surface area contributed by atoms with E-state index in [2.05, 4.69) is 21.2 Å². The molecule has 0 fully saturated rings. The molecule has 0 aliphatic carbocycles. The second-order valence-corrected chi connectivity index (χ2v) is 5.17. The van der Waals surface area contributed by atoms with Gasteiger partial charge in [-0.2, -0.15) is 0 Å². The van der Waals surface area contributed by atoms with Crippen LogP contribution in [0, 0.1) is 0 Å². The fourth-order valence-corrected chi connectivity index (χ4v) is 2.19. The first-order chi connectivity index (χ1) is 8.66. The van der Waals surface area contributed by atoms with Crippen LogP contribution in [0.3, 0.4) is 0 Å². The number of rotatable bonds is 5. The van der Waals surface area contributed by atoms with Crippen LogP contribution in [0.1, 0.15) is 11.3 Å². The third kappa shape index (κ3) is 3.34. The highest BCUT2D eigenvalue weighted by Crippen LogP contribution is 2.21. The van der Waals surface area contributed by atoms with Crippen molar-refractivity contribution >= 4 is 38.8 Å². The Morgan fingerprint density at radius 1 is 1.39 bits per heavy atom. The van der Waals surface area contributed by atoms with Crippen molar-refractivity contribution in [2.75, 3.05) is 11.9 Å². The van der Waals surface area contributed by atoms with Gasteiger partial charge in [0.2, 0.25) is 0 Å². The van der Waals surface area contributed by atoms with Gasteiger partial charge in [0.05, 0.1) is 6.26 Å². The summed E-state index contributed by atoms with van der Waals surface area (Å²) in [6.45, 7) is 0.763. The van der Waals surface area contributed by atoms with Crippen LogP contribution in [0.25, 0.3) is 0 Å². The summed E-state index contributed by atoms with van der Waals surface area (Å²) in [7, 11) is 0. The van der Waals surface area contributed by atoms with Crippen molar-refractivity contribution in [3.05, 3.63) is 52.4 Å². The molecule has 0 radical (unpaired) electrons. The van der Waals surface area contributed by atoms with Gasteiger partial charge < -0.3 is 15.5 Å². The van der Waals surface area contributed by atoms with Crippen molar-refractivity contribution in [3.8, 4) is 0 Å². The summed E-state index contributed by atoms with van der Waals surface area (Å²) in [5, 5.41) is 3.32. The van der Waals surface area contributed by atoms with Crippen molar-refractivity contribution < 1.29 is 4.42 Å². The molecule has 0 unspecified atom stereocenters. The molecule has 0 bridgehead atoms. The zero-order chi connectivity index (χ0) is 13.0. The highest BCUT2D eigenvalue weighted by molar-refractivity contribution is 9.10. The first-order valence-electron chi connectivity index (χ1n) is 5.52. The molecule has 0 saturated heterocycles. The van der Waals surface area contributed by atoms with E-state index < -0.39 is 0 Å². The van der Waals surface area contributed by atoms with Gasteiger partial charge in [0.1, 0.15) is 10.7 Å². The maximum atomic E-state index is 5.69. The Labute approximate surface area is 119 Å². The zero-order valence-corrected chi connectivity index (χ0v) is 12.1. The molecule has 0 atom stereocenters. The summed E-state index contributed by atoms with van der Waals surface area (Å²) in [4.78, 5) is 0.392. The first-order valence-corrected chi connectivity index (χ1v) is 6.72. The summed E-state index contributed by atoms with van der Waals surface area (Å²) < 4.78 is 6.26. The van der Waals surface area contributed by atoms with E-state index in [0.29, 0.717) is 4.99 Å². The summed E-state index contributed by atoms with van der Waals surface area (Å²) in [6.07, 6.45) is 2.49. The highest BCUT2D eigenvalue weighted by Gasteiger charge is 2.05. The molecule has 5 heteroatoms. The first kappa shape index (κ1) is 13.1. The normalized spacial score (nSPS) is 10.3. The molecule has 0 spiro atoms. The van der Waals surface area contributed by atoms with Crippen LogP contribution < -0.4 is 11.1 Å². The number of thiocarbonyl (C=S) groups is 1. The van der Waals surface area contributed by atoms with Crippen LogP contribution >= 0.6 is 28.1 Å². The van der Waals surface area contributed by atoms with Crippen LogP contribution in [0.15, 0.2) is 45.5 Å². The second-order valence-electron chi connectivity index (χ2n) is 3.81. The minimum Gasteiger partial charge on any atom is -0.469 e. The maximum Gasteiger partial charge on any atom is 0.106 e. The fourth-order valence-electron chi connectivity index (χ4n) is 1.65. The van der Waals surface area contributed by atoms with Crippen LogP contribution in [0.4, 0.5) is 5.69 Å². The van der Waals surface area contributed by atoms with Crippen LogP contribution in [0.5, 0.6) is 0 Å². The average Bonchev–Trinajstić information content (AvgIpc) is 2.82. The van der Waals surface area contributed by atoms with Crippen molar-refractivity contribution in [2.24, 2.45) is 5.73 Å². The molecule has 0 amide bonds. The third-order valence-electron chi connectivity index (χ3n) is 2.51. The summed E-state index contributed by atoms with van der Waals surface area (Å²) >= 11 is 8.46. The lowest BCUT2D eigenvalue weighted by atomic mass is 10.1. The Bertz CT molecular complexity index is 540. The lowest BCUT2D eigenvalue weighted by Gasteiger charge is -2.11. The Kier molecular flexibility index (Phi) is 4.38. The van der Waals surface area contributed by atoms with Gasteiger partial charge >= 0.3 is 0 Å². The zero-order valence-electron chi connectivity index (χ0n) is 9.65. The summed E-state index contributed by atoms with van der Waals surface area (Å²) in [5.41, 5.74) is 7.48. The molecule has 0 aliphatic rings. The summed E-state index contributed by atoms with van der Waals surface area (Å²) in [6, 6.07) is 9.64. The van der Waals surface area contributed by atoms with E-state index in [1.807, 2.05) is 30.3 Å². The molecule has 3 N–H and O–H groups in total. The molecule has 0 saturated carbocycles. The minimum absolute atomic E-state index is 0.392. The summed E-state index contributed by atoms with van der Waals surface area (Å²) in [5.74, 6) is 0.953. The van der Waals surface area contributed by atoms with Crippen molar-refractivity contribution in [1.29, 1.82) is 0 Å².